The molecule has 2 N–H and O–H groups in total. The topological polar surface area (TPSA) is 59.1 Å². The van der Waals surface area contributed by atoms with Crippen molar-refractivity contribution in [1.29, 1.82) is 0 Å². The van der Waals surface area contributed by atoms with Crippen LogP contribution in [-0.4, -0.2) is 29.2 Å². The molecule has 0 bridgehead atoms. The van der Waals surface area contributed by atoms with Crippen LogP contribution in [0, 0.1) is 6.92 Å². The minimum absolute atomic E-state index is 0.300. The number of hydrogen-bond acceptors (Lipinski definition) is 5. The first-order valence-corrected chi connectivity index (χ1v) is 7.32. The zero-order valence-electron chi connectivity index (χ0n) is 12.2. The maximum absolute atomic E-state index is 5.59. The number of hydrogen-bond donors (Lipinski definition) is 2. The van der Waals surface area contributed by atoms with E-state index in [4.69, 9.17) is 4.74 Å². The van der Waals surface area contributed by atoms with E-state index < -0.39 is 0 Å². The highest BCUT2D eigenvalue weighted by atomic mass is 16.5. The van der Waals surface area contributed by atoms with Crippen LogP contribution in [0.25, 0.3) is 0 Å². The van der Waals surface area contributed by atoms with Gasteiger partial charge in [-0.2, -0.15) is 4.98 Å². The van der Waals surface area contributed by atoms with Gasteiger partial charge in [-0.1, -0.05) is 17.7 Å². The Labute approximate surface area is 124 Å². The van der Waals surface area contributed by atoms with Crippen molar-refractivity contribution in [2.75, 3.05) is 23.8 Å². The van der Waals surface area contributed by atoms with Crippen molar-refractivity contribution in [3.63, 3.8) is 0 Å². The Balaban J connectivity index is 1.60. The van der Waals surface area contributed by atoms with Crippen molar-refractivity contribution in [2.45, 2.75) is 25.9 Å². The van der Waals surface area contributed by atoms with E-state index in [1.54, 1.807) is 6.20 Å². The molecule has 2 heterocycles. The third-order valence-corrected chi connectivity index (χ3v) is 3.50. The van der Waals surface area contributed by atoms with E-state index >= 15 is 0 Å². The van der Waals surface area contributed by atoms with Gasteiger partial charge < -0.3 is 15.4 Å². The lowest BCUT2D eigenvalue weighted by Gasteiger charge is -2.12. The fraction of sp³-hybridized carbons (Fsp3) is 0.375. The zero-order valence-corrected chi connectivity index (χ0v) is 12.2. The number of nitrogens with zero attached hydrogens (tertiary/aromatic N) is 2. The summed E-state index contributed by atoms with van der Waals surface area (Å²) in [5, 5.41) is 6.51. The second kappa shape index (κ2) is 6.54. The van der Waals surface area contributed by atoms with Gasteiger partial charge in [0.2, 0.25) is 5.95 Å². The summed E-state index contributed by atoms with van der Waals surface area (Å²) in [6.45, 7) is 3.73. The Hall–Kier alpha value is -2.14. The van der Waals surface area contributed by atoms with E-state index in [-0.39, 0.29) is 0 Å². The second-order valence-corrected chi connectivity index (χ2v) is 5.27. The highest BCUT2D eigenvalue weighted by Gasteiger charge is 2.15. The van der Waals surface area contributed by atoms with Gasteiger partial charge in [-0.25, -0.2) is 4.98 Å². The molecule has 0 aliphatic carbocycles. The number of ether oxygens (including phenoxy) is 1. The second-order valence-electron chi connectivity index (χ2n) is 5.27. The molecule has 0 saturated carbocycles. The fourth-order valence-electron chi connectivity index (χ4n) is 2.31. The number of aryl methyl sites for hydroxylation is 1. The molecule has 1 aromatic heterocycles. The Morgan fingerprint density at radius 3 is 2.86 bits per heavy atom. The summed E-state index contributed by atoms with van der Waals surface area (Å²) in [4.78, 5) is 8.71. The lowest BCUT2D eigenvalue weighted by Crippen LogP contribution is -2.19. The first-order valence-electron chi connectivity index (χ1n) is 7.32. The molecule has 1 atom stereocenters. The van der Waals surface area contributed by atoms with E-state index in [0.717, 1.165) is 37.5 Å². The van der Waals surface area contributed by atoms with Crippen molar-refractivity contribution in [3.8, 4) is 0 Å². The molecule has 3 rings (SSSR count). The molecule has 0 amide bonds. The van der Waals surface area contributed by atoms with Crippen LogP contribution in [0.4, 0.5) is 17.5 Å². The van der Waals surface area contributed by atoms with Gasteiger partial charge in [0.15, 0.2) is 0 Å². The summed E-state index contributed by atoms with van der Waals surface area (Å²) in [6, 6.07) is 10.0. The summed E-state index contributed by atoms with van der Waals surface area (Å²) >= 11 is 0. The predicted molar refractivity (Wildman–Crippen MR) is 84.0 cm³/mol. The van der Waals surface area contributed by atoms with Crippen molar-refractivity contribution >= 4 is 17.5 Å². The molecule has 21 heavy (non-hydrogen) atoms. The molecule has 2 aromatic rings. The van der Waals surface area contributed by atoms with E-state index in [0.29, 0.717) is 12.1 Å². The van der Waals surface area contributed by atoms with Gasteiger partial charge in [0.1, 0.15) is 5.82 Å². The zero-order chi connectivity index (χ0) is 14.5. The van der Waals surface area contributed by atoms with Gasteiger partial charge in [0.05, 0.1) is 6.10 Å². The smallest absolute Gasteiger partial charge is 0.229 e. The van der Waals surface area contributed by atoms with Crippen LogP contribution < -0.4 is 10.6 Å². The van der Waals surface area contributed by atoms with Gasteiger partial charge in [-0.3, -0.25) is 0 Å². The molecule has 1 aromatic carbocycles. The van der Waals surface area contributed by atoms with Crippen molar-refractivity contribution in [1.82, 2.24) is 9.97 Å². The summed E-state index contributed by atoms with van der Waals surface area (Å²) < 4.78 is 5.59. The monoisotopic (exact) mass is 284 g/mol. The Kier molecular flexibility index (Phi) is 4.31. The highest BCUT2D eigenvalue weighted by molar-refractivity contribution is 5.55. The quantitative estimate of drug-likeness (QED) is 0.883. The number of nitrogens with one attached hydrogen (secondary N) is 2. The normalized spacial score (nSPS) is 17.7. The number of benzene rings is 1. The number of rotatable bonds is 5. The lowest BCUT2D eigenvalue weighted by atomic mass is 10.2. The average molecular weight is 284 g/mol. The van der Waals surface area contributed by atoms with Crippen LogP contribution in [-0.2, 0) is 4.74 Å². The lowest BCUT2D eigenvalue weighted by molar-refractivity contribution is 0.120. The predicted octanol–water partition coefficient (Wildman–Crippen LogP) is 3.12. The molecule has 0 radical (unpaired) electrons. The van der Waals surface area contributed by atoms with Crippen LogP contribution in [0.1, 0.15) is 18.4 Å². The Bertz CT molecular complexity index is 579. The van der Waals surface area contributed by atoms with Gasteiger partial charge in [-0.15, -0.1) is 0 Å². The molecule has 1 aliphatic heterocycles. The van der Waals surface area contributed by atoms with Crippen molar-refractivity contribution in [2.24, 2.45) is 0 Å². The third kappa shape index (κ3) is 3.92. The molecular weight excluding hydrogens is 264 g/mol. The van der Waals surface area contributed by atoms with Crippen molar-refractivity contribution < 1.29 is 4.74 Å². The summed E-state index contributed by atoms with van der Waals surface area (Å²) in [6.07, 6.45) is 4.32. The number of anilines is 3. The van der Waals surface area contributed by atoms with Crippen molar-refractivity contribution in [3.05, 3.63) is 42.1 Å². The molecule has 110 valence electrons. The van der Waals surface area contributed by atoms with Gasteiger partial charge >= 0.3 is 0 Å². The first kappa shape index (κ1) is 13.8. The molecule has 1 saturated heterocycles. The van der Waals surface area contributed by atoms with Crippen LogP contribution in [0.2, 0.25) is 0 Å². The van der Waals surface area contributed by atoms with Gasteiger partial charge in [-0.05, 0) is 38.0 Å². The molecule has 1 fully saturated rings. The molecule has 5 nitrogen and oxygen atoms in total. The molecular formula is C16H20N4O. The molecule has 5 heteroatoms. The van der Waals surface area contributed by atoms with Crippen LogP contribution in [0.3, 0.4) is 0 Å². The van der Waals surface area contributed by atoms with E-state index in [2.05, 4.69) is 39.7 Å². The third-order valence-electron chi connectivity index (χ3n) is 3.50. The van der Waals surface area contributed by atoms with Gasteiger partial charge in [0, 0.05) is 25.0 Å². The first-order chi connectivity index (χ1) is 10.3. The Morgan fingerprint density at radius 2 is 2.10 bits per heavy atom. The fourth-order valence-corrected chi connectivity index (χ4v) is 2.31. The minimum atomic E-state index is 0.300. The van der Waals surface area contributed by atoms with E-state index in [1.165, 1.54) is 5.56 Å². The molecule has 1 aliphatic rings. The summed E-state index contributed by atoms with van der Waals surface area (Å²) in [5.74, 6) is 1.41. The van der Waals surface area contributed by atoms with E-state index in [1.807, 2.05) is 18.2 Å². The van der Waals surface area contributed by atoms with E-state index in [9.17, 15) is 0 Å². The van der Waals surface area contributed by atoms with Crippen LogP contribution >= 0.6 is 0 Å². The largest absolute Gasteiger partial charge is 0.376 e. The maximum atomic E-state index is 5.59. The summed E-state index contributed by atoms with van der Waals surface area (Å²) in [5.41, 5.74) is 2.21. The highest BCUT2D eigenvalue weighted by Crippen LogP contribution is 2.16. The Morgan fingerprint density at radius 1 is 1.24 bits per heavy atom. The average Bonchev–Trinajstić information content (AvgIpc) is 3.01. The number of aromatic nitrogens is 2. The standard InChI is InChI=1S/C16H20N4O/c1-12-4-6-13(7-5-12)19-16-17-9-8-15(20-16)18-11-14-3-2-10-21-14/h4-9,14H,2-3,10-11H2,1H3,(H2,17,18,19,20). The maximum Gasteiger partial charge on any atom is 0.229 e. The SMILES string of the molecule is Cc1ccc(Nc2nccc(NCC3CCCO3)n2)cc1. The minimum Gasteiger partial charge on any atom is -0.376 e. The molecule has 0 spiro atoms. The van der Waals surface area contributed by atoms with Crippen LogP contribution in [0.15, 0.2) is 36.5 Å². The van der Waals surface area contributed by atoms with Crippen LogP contribution in [0.5, 0.6) is 0 Å². The molecule has 1 unspecified atom stereocenters. The summed E-state index contributed by atoms with van der Waals surface area (Å²) in [7, 11) is 0. The van der Waals surface area contributed by atoms with Gasteiger partial charge in [0.25, 0.3) is 0 Å².